The molecule has 0 saturated carbocycles. The Morgan fingerprint density at radius 3 is 2.47 bits per heavy atom. The second-order valence-corrected chi connectivity index (χ2v) is 7.44. The second kappa shape index (κ2) is 9.09. The standard InChI is InChI=1S/C22H22ClN3O4/c1-3-25(13-19(27)24-18-12-16(23)8-7-14(18)2)22(30)15-5-4-6-17(11-15)26-20(28)9-10-21(26)29/h4-8,11-12H,3,9-10,13H2,1-2H3,(H,24,27). The first-order valence-electron chi connectivity index (χ1n) is 9.61. The van der Waals surface area contributed by atoms with Gasteiger partial charge in [0.15, 0.2) is 0 Å². The van der Waals surface area contributed by atoms with Gasteiger partial charge in [0.25, 0.3) is 5.91 Å². The van der Waals surface area contributed by atoms with Crippen molar-refractivity contribution in [2.75, 3.05) is 23.3 Å². The lowest BCUT2D eigenvalue weighted by molar-refractivity contribution is -0.121. The molecule has 2 aromatic carbocycles. The molecule has 30 heavy (non-hydrogen) atoms. The maximum absolute atomic E-state index is 13.0. The third kappa shape index (κ3) is 4.68. The molecule has 1 heterocycles. The molecule has 1 saturated heterocycles. The van der Waals surface area contributed by atoms with Gasteiger partial charge in [-0.05, 0) is 49.7 Å². The molecule has 0 bridgehead atoms. The predicted octanol–water partition coefficient (Wildman–Crippen LogP) is 3.40. The minimum atomic E-state index is -0.364. The number of aryl methyl sites for hydroxylation is 1. The van der Waals surface area contributed by atoms with Crippen molar-refractivity contribution in [2.24, 2.45) is 0 Å². The van der Waals surface area contributed by atoms with Crippen LogP contribution >= 0.6 is 11.6 Å². The molecule has 1 aliphatic heterocycles. The molecule has 3 rings (SSSR count). The summed E-state index contributed by atoms with van der Waals surface area (Å²) in [5, 5.41) is 3.28. The fraction of sp³-hybridized carbons (Fsp3) is 0.273. The summed E-state index contributed by atoms with van der Waals surface area (Å²) in [7, 11) is 0. The maximum Gasteiger partial charge on any atom is 0.254 e. The number of carbonyl (C=O) groups is 4. The van der Waals surface area contributed by atoms with Gasteiger partial charge in [-0.25, -0.2) is 0 Å². The van der Waals surface area contributed by atoms with Crippen LogP contribution in [-0.4, -0.2) is 41.6 Å². The highest BCUT2D eigenvalue weighted by molar-refractivity contribution is 6.31. The molecule has 1 fully saturated rings. The number of halogens is 1. The molecule has 0 aromatic heterocycles. The van der Waals surface area contributed by atoms with Crippen LogP contribution in [0.5, 0.6) is 0 Å². The Morgan fingerprint density at radius 2 is 1.80 bits per heavy atom. The highest BCUT2D eigenvalue weighted by atomic mass is 35.5. The summed E-state index contributed by atoms with van der Waals surface area (Å²) in [4.78, 5) is 51.9. The van der Waals surface area contributed by atoms with Crippen LogP contribution in [0.1, 0.15) is 35.7 Å². The Morgan fingerprint density at radius 1 is 1.10 bits per heavy atom. The molecule has 156 valence electrons. The zero-order valence-corrected chi connectivity index (χ0v) is 17.5. The molecule has 0 spiro atoms. The number of amides is 4. The lowest BCUT2D eigenvalue weighted by Crippen LogP contribution is -2.38. The summed E-state index contributed by atoms with van der Waals surface area (Å²) in [5.41, 5.74) is 2.11. The number of nitrogens with zero attached hydrogens (tertiary/aromatic N) is 2. The average Bonchev–Trinajstić information content (AvgIpc) is 3.06. The zero-order chi connectivity index (χ0) is 21.8. The van der Waals surface area contributed by atoms with Crippen molar-refractivity contribution in [2.45, 2.75) is 26.7 Å². The Bertz CT molecular complexity index is 1010. The summed E-state index contributed by atoms with van der Waals surface area (Å²) in [6, 6.07) is 11.5. The Kier molecular flexibility index (Phi) is 6.52. The van der Waals surface area contributed by atoms with E-state index in [2.05, 4.69) is 5.32 Å². The minimum Gasteiger partial charge on any atom is -0.330 e. The fourth-order valence-corrected chi connectivity index (χ4v) is 3.42. The van der Waals surface area contributed by atoms with Crippen molar-refractivity contribution < 1.29 is 19.2 Å². The topological polar surface area (TPSA) is 86.8 Å². The molecule has 0 aliphatic carbocycles. The van der Waals surface area contributed by atoms with E-state index >= 15 is 0 Å². The number of imide groups is 1. The number of nitrogens with one attached hydrogen (secondary N) is 1. The van der Waals surface area contributed by atoms with Crippen LogP contribution in [-0.2, 0) is 14.4 Å². The number of hydrogen-bond donors (Lipinski definition) is 1. The maximum atomic E-state index is 13.0. The van der Waals surface area contributed by atoms with Crippen LogP contribution < -0.4 is 10.2 Å². The minimum absolute atomic E-state index is 0.146. The van der Waals surface area contributed by atoms with Crippen LogP contribution in [0.2, 0.25) is 5.02 Å². The quantitative estimate of drug-likeness (QED) is 0.716. The normalized spacial score (nSPS) is 13.5. The van der Waals surface area contributed by atoms with Crippen molar-refractivity contribution in [1.82, 2.24) is 4.90 Å². The average molecular weight is 428 g/mol. The monoisotopic (exact) mass is 427 g/mol. The van der Waals surface area contributed by atoms with Gasteiger partial charge in [-0.1, -0.05) is 23.7 Å². The number of likely N-dealkylation sites (N-methyl/N-ethyl adjacent to an activating group) is 1. The van der Waals surface area contributed by atoms with Gasteiger partial charge in [0.05, 0.1) is 5.69 Å². The Labute approximate surface area is 179 Å². The van der Waals surface area contributed by atoms with Crippen molar-refractivity contribution in [3.05, 3.63) is 58.6 Å². The summed E-state index contributed by atoms with van der Waals surface area (Å²) < 4.78 is 0. The van der Waals surface area contributed by atoms with E-state index < -0.39 is 0 Å². The summed E-state index contributed by atoms with van der Waals surface area (Å²) in [5.74, 6) is -1.28. The first-order valence-corrected chi connectivity index (χ1v) is 9.99. The van der Waals surface area contributed by atoms with E-state index in [9.17, 15) is 19.2 Å². The lowest BCUT2D eigenvalue weighted by Gasteiger charge is -2.22. The number of rotatable bonds is 6. The van der Waals surface area contributed by atoms with Gasteiger partial charge in [-0.2, -0.15) is 0 Å². The lowest BCUT2D eigenvalue weighted by atomic mass is 10.1. The Balaban J connectivity index is 1.74. The van der Waals surface area contributed by atoms with Gasteiger partial charge in [-0.3, -0.25) is 24.1 Å². The summed E-state index contributed by atoms with van der Waals surface area (Å²) in [6.07, 6.45) is 0.336. The molecule has 0 atom stereocenters. The molecule has 1 N–H and O–H groups in total. The molecule has 1 aliphatic rings. The van der Waals surface area contributed by atoms with E-state index in [1.54, 1.807) is 43.3 Å². The summed E-state index contributed by atoms with van der Waals surface area (Å²) >= 11 is 5.99. The molecular formula is C22H22ClN3O4. The largest absolute Gasteiger partial charge is 0.330 e. The van der Waals surface area contributed by atoms with Crippen LogP contribution in [0.15, 0.2) is 42.5 Å². The fourth-order valence-electron chi connectivity index (χ4n) is 3.24. The van der Waals surface area contributed by atoms with E-state index in [1.807, 2.05) is 6.92 Å². The van der Waals surface area contributed by atoms with Crippen LogP contribution in [0, 0.1) is 6.92 Å². The van der Waals surface area contributed by atoms with Crippen LogP contribution in [0.3, 0.4) is 0 Å². The van der Waals surface area contributed by atoms with Gasteiger partial charge in [0.2, 0.25) is 17.7 Å². The smallest absolute Gasteiger partial charge is 0.254 e. The van der Waals surface area contributed by atoms with Crippen molar-refractivity contribution in [1.29, 1.82) is 0 Å². The number of carbonyl (C=O) groups excluding carboxylic acids is 4. The molecule has 7 nitrogen and oxygen atoms in total. The van der Waals surface area contributed by atoms with E-state index in [0.717, 1.165) is 10.5 Å². The first kappa shape index (κ1) is 21.5. The molecule has 0 radical (unpaired) electrons. The van der Waals surface area contributed by atoms with E-state index in [4.69, 9.17) is 11.6 Å². The van der Waals surface area contributed by atoms with E-state index in [0.29, 0.717) is 28.5 Å². The molecule has 8 heteroatoms. The third-order valence-electron chi connectivity index (χ3n) is 4.88. The number of benzene rings is 2. The van der Waals surface area contributed by atoms with Crippen LogP contribution in [0.25, 0.3) is 0 Å². The zero-order valence-electron chi connectivity index (χ0n) is 16.8. The highest BCUT2D eigenvalue weighted by Crippen LogP contribution is 2.24. The summed E-state index contributed by atoms with van der Waals surface area (Å²) in [6.45, 7) is 3.79. The first-order chi connectivity index (χ1) is 14.3. The second-order valence-electron chi connectivity index (χ2n) is 7.00. The SMILES string of the molecule is CCN(CC(=O)Nc1cc(Cl)ccc1C)C(=O)c1cccc(N2C(=O)CCC2=O)c1. The number of anilines is 2. The molecular weight excluding hydrogens is 406 g/mol. The van der Waals surface area contributed by atoms with E-state index in [1.165, 1.54) is 11.0 Å². The van der Waals surface area contributed by atoms with Crippen molar-refractivity contribution in [3.8, 4) is 0 Å². The molecule has 2 aromatic rings. The molecule has 4 amide bonds. The third-order valence-corrected chi connectivity index (χ3v) is 5.12. The Hall–Kier alpha value is -3.19. The van der Waals surface area contributed by atoms with Crippen molar-refractivity contribution in [3.63, 3.8) is 0 Å². The number of hydrogen-bond acceptors (Lipinski definition) is 4. The van der Waals surface area contributed by atoms with Gasteiger partial charge in [0, 0.05) is 35.7 Å². The van der Waals surface area contributed by atoms with Gasteiger partial charge in [-0.15, -0.1) is 0 Å². The predicted molar refractivity (Wildman–Crippen MR) is 115 cm³/mol. The van der Waals surface area contributed by atoms with Gasteiger partial charge >= 0.3 is 0 Å². The van der Waals surface area contributed by atoms with Gasteiger partial charge in [0.1, 0.15) is 6.54 Å². The highest BCUT2D eigenvalue weighted by Gasteiger charge is 2.30. The van der Waals surface area contributed by atoms with Crippen LogP contribution in [0.4, 0.5) is 11.4 Å². The van der Waals surface area contributed by atoms with E-state index in [-0.39, 0.29) is 43.0 Å². The molecule has 0 unspecified atom stereocenters. The van der Waals surface area contributed by atoms with Gasteiger partial charge < -0.3 is 10.2 Å². The van der Waals surface area contributed by atoms with Crippen molar-refractivity contribution >= 4 is 46.6 Å².